The number of nitrogens with two attached hydrogens (primary N) is 1. The van der Waals surface area contributed by atoms with Gasteiger partial charge in [0.1, 0.15) is 11.4 Å². The third kappa shape index (κ3) is 2.68. The number of carbonyl (C=O) groups is 1. The molecule has 0 fully saturated rings. The number of aromatic amines is 1. The fraction of sp³-hybridized carbons (Fsp3) is 0.231. The molecule has 1 heterocycles. The molecule has 18 heavy (non-hydrogen) atoms. The minimum absolute atomic E-state index is 0.221. The Hall–Kier alpha value is -2.30. The van der Waals surface area contributed by atoms with Gasteiger partial charge < -0.3 is 11.1 Å². The van der Waals surface area contributed by atoms with Gasteiger partial charge in [0.15, 0.2) is 0 Å². The minimum atomic E-state index is -0.221. The van der Waals surface area contributed by atoms with E-state index in [-0.39, 0.29) is 11.7 Å². The summed E-state index contributed by atoms with van der Waals surface area (Å²) >= 11 is 0. The average Bonchev–Trinajstić information content (AvgIpc) is 2.83. The van der Waals surface area contributed by atoms with Crippen molar-refractivity contribution in [3.8, 4) is 0 Å². The topological polar surface area (TPSA) is 83.8 Å². The third-order valence-electron chi connectivity index (χ3n) is 2.80. The molecular formula is C13H16N4O. The highest BCUT2D eigenvalue weighted by Crippen LogP contribution is 2.07. The van der Waals surface area contributed by atoms with Crippen LogP contribution in [0.5, 0.6) is 0 Å². The SMILES string of the molecule is CCc1ccc(CNC(=O)c2cn[nH]c2N)cc1. The standard InChI is InChI=1S/C13H16N4O/c1-2-9-3-5-10(6-4-9)7-15-13(18)11-8-16-17-12(11)14/h3-6,8H,2,7H2,1H3,(H,15,18)(H3,14,16,17). The van der Waals surface area contributed by atoms with Crippen molar-refractivity contribution >= 4 is 11.7 Å². The molecule has 4 N–H and O–H groups in total. The summed E-state index contributed by atoms with van der Waals surface area (Å²) in [5.41, 5.74) is 8.28. The molecule has 0 bridgehead atoms. The molecule has 94 valence electrons. The first-order chi connectivity index (χ1) is 8.70. The Labute approximate surface area is 105 Å². The number of rotatable bonds is 4. The van der Waals surface area contributed by atoms with E-state index in [4.69, 9.17) is 5.73 Å². The number of nitrogens with zero attached hydrogens (tertiary/aromatic N) is 1. The van der Waals surface area contributed by atoms with Gasteiger partial charge in [0.05, 0.1) is 6.20 Å². The summed E-state index contributed by atoms with van der Waals surface area (Å²) in [7, 11) is 0. The summed E-state index contributed by atoms with van der Waals surface area (Å²) in [6.07, 6.45) is 2.43. The molecule has 0 atom stereocenters. The number of benzene rings is 1. The molecular weight excluding hydrogens is 228 g/mol. The number of anilines is 1. The van der Waals surface area contributed by atoms with Crippen LogP contribution in [0.2, 0.25) is 0 Å². The Morgan fingerprint density at radius 1 is 1.33 bits per heavy atom. The fourth-order valence-electron chi connectivity index (χ4n) is 1.65. The first kappa shape index (κ1) is 12.2. The number of nitrogen functional groups attached to an aromatic ring is 1. The Morgan fingerprint density at radius 3 is 2.56 bits per heavy atom. The van der Waals surface area contributed by atoms with E-state index in [1.54, 1.807) is 0 Å². The van der Waals surface area contributed by atoms with E-state index in [2.05, 4.69) is 34.6 Å². The van der Waals surface area contributed by atoms with Crippen LogP contribution in [0, 0.1) is 0 Å². The lowest BCUT2D eigenvalue weighted by Gasteiger charge is -2.05. The lowest BCUT2D eigenvalue weighted by Crippen LogP contribution is -2.23. The van der Waals surface area contributed by atoms with Gasteiger partial charge in [-0.2, -0.15) is 5.10 Å². The van der Waals surface area contributed by atoms with Gasteiger partial charge in [-0.1, -0.05) is 31.2 Å². The third-order valence-corrected chi connectivity index (χ3v) is 2.80. The lowest BCUT2D eigenvalue weighted by atomic mass is 10.1. The van der Waals surface area contributed by atoms with Crippen molar-refractivity contribution in [2.75, 3.05) is 5.73 Å². The van der Waals surface area contributed by atoms with Gasteiger partial charge >= 0.3 is 0 Å². The maximum absolute atomic E-state index is 11.8. The molecule has 0 aliphatic rings. The number of H-pyrrole nitrogens is 1. The smallest absolute Gasteiger partial charge is 0.256 e. The molecule has 0 aliphatic heterocycles. The van der Waals surface area contributed by atoms with Gasteiger partial charge in [-0.05, 0) is 17.5 Å². The van der Waals surface area contributed by atoms with Crippen LogP contribution in [0.3, 0.4) is 0 Å². The first-order valence-corrected chi connectivity index (χ1v) is 5.85. The monoisotopic (exact) mass is 244 g/mol. The number of nitrogens with one attached hydrogen (secondary N) is 2. The van der Waals surface area contributed by atoms with Crippen LogP contribution in [0.4, 0.5) is 5.82 Å². The van der Waals surface area contributed by atoms with Crippen LogP contribution in [-0.4, -0.2) is 16.1 Å². The highest BCUT2D eigenvalue weighted by Gasteiger charge is 2.10. The zero-order valence-corrected chi connectivity index (χ0v) is 10.2. The lowest BCUT2D eigenvalue weighted by molar-refractivity contribution is 0.0952. The van der Waals surface area contributed by atoms with E-state index in [0.29, 0.717) is 12.1 Å². The predicted molar refractivity (Wildman–Crippen MR) is 70.0 cm³/mol. The maximum Gasteiger partial charge on any atom is 0.256 e. The van der Waals surface area contributed by atoms with Crippen LogP contribution < -0.4 is 11.1 Å². The van der Waals surface area contributed by atoms with Crippen molar-refractivity contribution in [3.63, 3.8) is 0 Å². The van der Waals surface area contributed by atoms with E-state index in [9.17, 15) is 4.79 Å². The van der Waals surface area contributed by atoms with Crippen LogP contribution in [-0.2, 0) is 13.0 Å². The number of amides is 1. The summed E-state index contributed by atoms with van der Waals surface area (Å²) in [5.74, 6) is 0.0645. The zero-order chi connectivity index (χ0) is 13.0. The second-order valence-electron chi connectivity index (χ2n) is 4.05. The van der Waals surface area contributed by atoms with E-state index in [1.165, 1.54) is 11.8 Å². The Bertz CT molecular complexity index is 530. The normalized spacial score (nSPS) is 10.3. The number of aryl methyl sites for hydroxylation is 1. The molecule has 5 nitrogen and oxygen atoms in total. The average molecular weight is 244 g/mol. The molecule has 1 aromatic heterocycles. The van der Waals surface area contributed by atoms with E-state index in [0.717, 1.165) is 12.0 Å². The van der Waals surface area contributed by atoms with Crippen LogP contribution in [0.15, 0.2) is 30.5 Å². The molecule has 1 amide bonds. The minimum Gasteiger partial charge on any atom is -0.383 e. The molecule has 5 heteroatoms. The Kier molecular flexibility index (Phi) is 3.62. The summed E-state index contributed by atoms with van der Waals surface area (Å²) < 4.78 is 0. The van der Waals surface area contributed by atoms with E-state index < -0.39 is 0 Å². The molecule has 0 unspecified atom stereocenters. The van der Waals surface area contributed by atoms with Gasteiger partial charge in [0.2, 0.25) is 0 Å². The number of hydrogen-bond donors (Lipinski definition) is 3. The van der Waals surface area contributed by atoms with Crippen molar-refractivity contribution in [3.05, 3.63) is 47.2 Å². The van der Waals surface area contributed by atoms with Crippen LogP contribution in [0.25, 0.3) is 0 Å². The predicted octanol–water partition coefficient (Wildman–Crippen LogP) is 1.48. The van der Waals surface area contributed by atoms with Crippen molar-refractivity contribution in [1.82, 2.24) is 15.5 Å². The zero-order valence-electron chi connectivity index (χ0n) is 10.2. The molecule has 0 spiro atoms. The van der Waals surface area contributed by atoms with Gasteiger partial charge in [-0.25, -0.2) is 0 Å². The van der Waals surface area contributed by atoms with Crippen molar-refractivity contribution in [2.24, 2.45) is 0 Å². The second kappa shape index (κ2) is 5.35. The molecule has 1 aromatic carbocycles. The van der Waals surface area contributed by atoms with Gasteiger partial charge in [0, 0.05) is 6.54 Å². The summed E-state index contributed by atoms with van der Waals surface area (Å²) in [6, 6.07) is 8.15. The number of carbonyl (C=O) groups excluding carboxylic acids is 1. The van der Waals surface area contributed by atoms with Crippen molar-refractivity contribution in [2.45, 2.75) is 19.9 Å². The first-order valence-electron chi connectivity index (χ1n) is 5.85. The summed E-state index contributed by atoms with van der Waals surface area (Å²) in [4.78, 5) is 11.8. The Balaban J connectivity index is 1.95. The molecule has 2 rings (SSSR count). The largest absolute Gasteiger partial charge is 0.383 e. The Morgan fingerprint density at radius 2 is 2.00 bits per heavy atom. The van der Waals surface area contributed by atoms with Gasteiger partial charge in [0.25, 0.3) is 5.91 Å². The molecule has 0 aliphatic carbocycles. The van der Waals surface area contributed by atoms with E-state index in [1.807, 2.05) is 12.1 Å². The second-order valence-corrected chi connectivity index (χ2v) is 4.05. The maximum atomic E-state index is 11.8. The van der Waals surface area contributed by atoms with E-state index >= 15 is 0 Å². The molecule has 0 radical (unpaired) electrons. The van der Waals surface area contributed by atoms with Gasteiger partial charge in [-0.15, -0.1) is 0 Å². The number of aromatic nitrogens is 2. The van der Waals surface area contributed by atoms with Gasteiger partial charge in [-0.3, -0.25) is 9.89 Å². The highest BCUT2D eigenvalue weighted by molar-refractivity contribution is 5.97. The molecule has 2 aromatic rings. The highest BCUT2D eigenvalue weighted by atomic mass is 16.1. The quantitative estimate of drug-likeness (QED) is 0.761. The van der Waals surface area contributed by atoms with Crippen molar-refractivity contribution in [1.29, 1.82) is 0 Å². The molecule has 0 saturated heterocycles. The van der Waals surface area contributed by atoms with Crippen molar-refractivity contribution < 1.29 is 4.79 Å². The summed E-state index contributed by atoms with van der Waals surface area (Å²) in [5, 5.41) is 9.04. The summed E-state index contributed by atoms with van der Waals surface area (Å²) in [6.45, 7) is 2.59. The van der Waals surface area contributed by atoms with Crippen LogP contribution >= 0.6 is 0 Å². The fourth-order valence-corrected chi connectivity index (χ4v) is 1.65. The molecule has 0 saturated carbocycles. The number of hydrogen-bond acceptors (Lipinski definition) is 3. The van der Waals surface area contributed by atoms with Crippen LogP contribution in [0.1, 0.15) is 28.4 Å².